The number of fused-ring (bicyclic) bond motifs is 1. The average Bonchev–Trinajstić information content (AvgIpc) is 3.21. The van der Waals surface area contributed by atoms with Crippen LogP contribution in [0.4, 0.5) is 10.5 Å². The number of hydrogen-bond acceptors (Lipinski definition) is 4. The summed E-state index contributed by atoms with van der Waals surface area (Å²) in [7, 11) is 1.67. The van der Waals surface area contributed by atoms with Gasteiger partial charge in [0.2, 0.25) is 0 Å². The zero-order chi connectivity index (χ0) is 20.6. The first-order valence-electron chi connectivity index (χ1n) is 10.2. The Kier molecular flexibility index (Phi) is 4.99. The fourth-order valence-electron chi connectivity index (χ4n) is 4.71. The van der Waals surface area contributed by atoms with Gasteiger partial charge in [-0.3, -0.25) is 0 Å². The summed E-state index contributed by atoms with van der Waals surface area (Å²) in [4.78, 5) is 22.3. The Labute approximate surface area is 171 Å². The second kappa shape index (κ2) is 7.34. The number of ether oxygens (including phenoxy) is 2. The SMILES string of the molecule is [C-]#[N+]c1ccc2ncn(C[C@H]3CCC[C@]4(C3)CN(CC(C)(C)OC)C(=O)O4)c2c1. The molecule has 0 radical (unpaired) electrons. The van der Waals surface area contributed by atoms with Crippen LogP contribution in [0.3, 0.4) is 0 Å². The number of rotatable bonds is 5. The van der Waals surface area contributed by atoms with E-state index >= 15 is 0 Å². The number of hydrogen-bond donors (Lipinski definition) is 0. The van der Waals surface area contributed by atoms with Gasteiger partial charge in [-0.05, 0) is 57.6 Å². The van der Waals surface area contributed by atoms with Crippen molar-refractivity contribution in [3.05, 3.63) is 35.9 Å². The van der Waals surface area contributed by atoms with Crippen LogP contribution in [0.25, 0.3) is 15.9 Å². The third-order valence-corrected chi connectivity index (χ3v) is 6.26. The normalized spacial score (nSPS) is 24.8. The number of amides is 1. The molecule has 2 aromatic rings. The quantitative estimate of drug-likeness (QED) is 0.703. The minimum Gasteiger partial charge on any atom is -0.441 e. The smallest absolute Gasteiger partial charge is 0.410 e. The second-order valence-electron chi connectivity index (χ2n) is 9.01. The summed E-state index contributed by atoms with van der Waals surface area (Å²) >= 11 is 0. The highest BCUT2D eigenvalue weighted by atomic mass is 16.6. The summed E-state index contributed by atoms with van der Waals surface area (Å²) < 4.78 is 13.6. The topological polar surface area (TPSA) is 61.0 Å². The lowest BCUT2D eigenvalue weighted by Crippen LogP contribution is -2.44. The van der Waals surface area contributed by atoms with E-state index in [1.807, 2.05) is 32.3 Å². The van der Waals surface area contributed by atoms with Crippen LogP contribution in [0.2, 0.25) is 0 Å². The molecule has 2 fully saturated rings. The largest absolute Gasteiger partial charge is 0.441 e. The van der Waals surface area contributed by atoms with Crippen molar-refractivity contribution in [2.45, 2.75) is 57.3 Å². The van der Waals surface area contributed by atoms with Gasteiger partial charge >= 0.3 is 6.09 Å². The molecule has 2 atom stereocenters. The number of carbonyl (C=O) groups excluding carboxylic acids is 1. The molecule has 1 amide bonds. The molecule has 1 aromatic heterocycles. The monoisotopic (exact) mass is 396 g/mol. The van der Waals surface area contributed by atoms with E-state index < -0.39 is 11.2 Å². The van der Waals surface area contributed by atoms with Crippen LogP contribution in [0, 0.1) is 12.5 Å². The van der Waals surface area contributed by atoms with Gasteiger partial charge in [0.05, 0.1) is 42.6 Å². The summed E-state index contributed by atoms with van der Waals surface area (Å²) in [6.45, 7) is 13.2. The molecule has 1 saturated heterocycles. The lowest BCUT2D eigenvalue weighted by molar-refractivity contribution is -0.000126. The Balaban J connectivity index is 1.48. The van der Waals surface area contributed by atoms with Gasteiger partial charge in [-0.1, -0.05) is 6.07 Å². The molecule has 154 valence electrons. The molecule has 0 unspecified atom stereocenters. The third kappa shape index (κ3) is 3.95. The minimum absolute atomic E-state index is 0.231. The Morgan fingerprint density at radius 3 is 3.03 bits per heavy atom. The molecule has 0 bridgehead atoms. The van der Waals surface area contributed by atoms with Gasteiger partial charge in [0.1, 0.15) is 5.60 Å². The molecular weight excluding hydrogens is 368 g/mol. The Hall–Kier alpha value is -2.59. The van der Waals surface area contributed by atoms with E-state index in [-0.39, 0.29) is 6.09 Å². The molecule has 7 heteroatoms. The van der Waals surface area contributed by atoms with E-state index in [0.29, 0.717) is 24.7 Å². The highest BCUT2D eigenvalue weighted by molar-refractivity contribution is 5.79. The van der Waals surface area contributed by atoms with Crippen LogP contribution >= 0.6 is 0 Å². The van der Waals surface area contributed by atoms with Gasteiger partial charge in [0.25, 0.3) is 0 Å². The number of imidazole rings is 1. The fraction of sp³-hybridized carbons (Fsp3) is 0.591. The van der Waals surface area contributed by atoms with E-state index in [2.05, 4.69) is 14.4 Å². The van der Waals surface area contributed by atoms with Crippen LogP contribution in [0.5, 0.6) is 0 Å². The summed E-state index contributed by atoms with van der Waals surface area (Å²) in [5.74, 6) is 0.404. The number of methoxy groups -OCH3 is 1. The average molecular weight is 396 g/mol. The van der Waals surface area contributed by atoms with Gasteiger partial charge in [0.15, 0.2) is 5.69 Å². The first kappa shape index (κ1) is 19.7. The first-order valence-corrected chi connectivity index (χ1v) is 10.2. The van der Waals surface area contributed by atoms with Gasteiger partial charge in [-0.2, -0.15) is 0 Å². The lowest BCUT2D eigenvalue weighted by Gasteiger charge is -2.36. The van der Waals surface area contributed by atoms with E-state index in [0.717, 1.165) is 43.3 Å². The van der Waals surface area contributed by atoms with Crippen molar-refractivity contribution in [1.82, 2.24) is 14.5 Å². The van der Waals surface area contributed by atoms with Gasteiger partial charge in [-0.25, -0.2) is 14.6 Å². The third-order valence-electron chi connectivity index (χ3n) is 6.26. The number of benzene rings is 1. The van der Waals surface area contributed by atoms with E-state index in [1.165, 1.54) is 0 Å². The molecule has 1 spiro atoms. The molecule has 2 heterocycles. The summed E-state index contributed by atoms with van der Waals surface area (Å²) in [5, 5.41) is 0. The van der Waals surface area contributed by atoms with Crippen molar-refractivity contribution in [2.24, 2.45) is 5.92 Å². The molecule has 1 aliphatic heterocycles. The van der Waals surface area contributed by atoms with Crippen LogP contribution < -0.4 is 0 Å². The standard InChI is InChI=1S/C22H28N4O3/c1-21(2,28-4)13-26-14-22(29-20(26)27)9-5-6-16(11-22)12-25-15-24-18-8-7-17(23-3)10-19(18)25/h7-8,10,15-16H,5-6,9,11-14H2,1-2,4H3/t16-,22-/m0/s1. The Morgan fingerprint density at radius 1 is 1.45 bits per heavy atom. The maximum atomic E-state index is 12.5. The molecule has 2 aliphatic rings. The molecule has 1 saturated carbocycles. The molecule has 4 rings (SSSR count). The molecule has 29 heavy (non-hydrogen) atoms. The van der Waals surface area contributed by atoms with E-state index in [4.69, 9.17) is 16.0 Å². The zero-order valence-corrected chi connectivity index (χ0v) is 17.4. The lowest BCUT2D eigenvalue weighted by atomic mass is 9.78. The van der Waals surface area contributed by atoms with Crippen LogP contribution in [0.1, 0.15) is 39.5 Å². The van der Waals surface area contributed by atoms with Crippen molar-refractivity contribution in [1.29, 1.82) is 0 Å². The second-order valence-corrected chi connectivity index (χ2v) is 9.01. The molecule has 0 N–H and O–H groups in total. The predicted molar refractivity (Wildman–Crippen MR) is 110 cm³/mol. The first-order chi connectivity index (χ1) is 13.8. The summed E-state index contributed by atoms with van der Waals surface area (Å²) in [6.07, 6.45) is 5.53. The van der Waals surface area contributed by atoms with Gasteiger partial charge in [-0.15, -0.1) is 0 Å². The van der Waals surface area contributed by atoms with Crippen LogP contribution in [0.15, 0.2) is 24.5 Å². The number of nitrogens with zero attached hydrogens (tertiary/aromatic N) is 4. The summed E-state index contributed by atoms with van der Waals surface area (Å²) in [6, 6.07) is 5.60. The number of aromatic nitrogens is 2. The Morgan fingerprint density at radius 2 is 2.28 bits per heavy atom. The van der Waals surface area contributed by atoms with Gasteiger partial charge < -0.3 is 18.9 Å². The predicted octanol–water partition coefficient (Wildman–Crippen LogP) is 4.39. The maximum absolute atomic E-state index is 12.5. The fourth-order valence-corrected chi connectivity index (χ4v) is 4.71. The van der Waals surface area contributed by atoms with Crippen molar-refractivity contribution in [3.63, 3.8) is 0 Å². The maximum Gasteiger partial charge on any atom is 0.410 e. The van der Waals surface area contributed by atoms with E-state index in [9.17, 15) is 4.79 Å². The minimum atomic E-state index is -0.401. The van der Waals surface area contributed by atoms with E-state index in [1.54, 1.807) is 18.1 Å². The van der Waals surface area contributed by atoms with Crippen molar-refractivity contribution >= 4 is 22.8 Å². The van der Waals surface area contributed by atoms with Crippen molar-refractivity contribution < 1.29 is 14.3 Å². The molecule has 1 aromatic carbocycles. The van der Waals surface area contributed by atoms with Crippen LogP contribution in [-0.4, -0.2) is 51.9 Å². The molecule has 7 nitrogen and oxygen atoms in total. The van der Waals surface area contributed by atoms with Crippen LogP contribution in [-0.2, 0) is 16.0 Å². The van der Waals surface area contributed by atoms with Crippen molar-refractivity contribution in [2.75, 3.05) is 20.2 Å². The highest BCUT2D eigenvalue weighted by Crippen LogP contribution is 2.41. The Bertz CT molecular complexity index is 961. The number of carbonyl (C=O) groups is 1. The molecular formula is C22H28N4O3. The highest BCUT2D eigenvalue weighted by Gasteiger charge is 2.48. The van der Waals surface area contributed by atoms with Crippen molar-refractivity contribution in [3.8, 4) is 0 Å². The van der Waals surface area contributed by atoms with Gasteiger partial charge in [0, 0.05) is 13.7 Å². The molecule has 1 aliphatic carbocycles. The zero-order valence-electron chi connectivity index (χ0n) is 17.4. The summed E-state index contributed by atoms with van der Waals surface area (Å²) in [5.41, 5.74) is 1.73.